The fourth-order valence-corrected chi connectivity index (χ4v) is 5.79. The number of nitrogens with zero attached hydrogens (tertiary/aromatic N) is 2. The van der Waals surface area contributed by atoms with E-state index in [0.29, 0.717) is 0 Å². The quantitative estimate of drug-likeness (QED) is 0.169. The SMILES string of the molecule is C[N+]1=C(C=CC=CC=CC=C2N(CI)c3ccccc3C2(C)C)C(C)(C)c2ccccc21.[Cl-]. The smallest absolute Gasteiger partial charge is 0.209 e. The lowest BCUT2D eigenvalue weighted by Crippen LogP contribution is -3.00. The lowest BCUT2D eigenvalue weighted by Gasteiger charge is -2.25. The number of fused-ring (bicyclic) bond motifs is 2. The minimum atomic E-state index is 0. The van der Waals surface area contributed by atoms with Gasteiger partial charge in [-0.1, -0.05) is 103 Å². The first kappa shape index (κ1) is 25.5. The van der Waals surface area contributed by atoms with Crippen LogP contribution in [0.4, 0.5) is 11.4 Å². The molecule has 0 bridgehead atoms. The topological polar surface area (TPSA) is 6.25 Å². The molecule has 0 aromatic heterocycles. The van der Waals surface area contributed by atoms with Gasteiger partial charge in [-0.25, -0.2) is 0 Å². The number of benzene rings is 2. The normalized spacial score (nSPS) is 19.7. The maximum Gasteiger partial charge on any atom is 0.209 e. The molecule has 0 amide bonds. The van der Waals surface area contributed by atoms with Crippen molar-refractivity contribution in [2.45, 2.75) is 38.5 Å². The Hall–Kier alpha value is -2.11. The molecule has 0 N–H and O–H groups in total. The molecule has 2 heterocycles. The predicted molar refractivity (Wildman–Crippen MR) is 147 cm³/mol. The van der Waals surface area contributed by atoms with E-state index >= 15 is 0 Å². The van der Waals surface area contributed by atoms with Gasteiger partial charge in [0.2, 0.25) is 5.69 Å². The summed E-state index contributed by atoms with van der Waals surface area (Å²) >= 11 is 2.45. The van der Waals surface area contributed by atoms with Crippen molar-refractivity contribution in [1.82, 2.24) is 0 Å². The molecule has 0 atom stereocenters. The van der Waals surface area contributed by atoms with Crippen LogP contribution in [0.25, 0.3) is 0 Å². The maximum atomic E-state index is 2.45. The molecule has 0 saturated carbocycles. The van der Waals surface area contributed by atoms with E-state index in [4.69, 9.17) is 0 Å². The predicted octanol–water partition coefficient (Wildman–Crippen LogP) is 4.44. The highest BCUT2D eigenvalue weighted by atomic mass is 127. The molecule has 0 unspecified atom stereocenters. The molecular formula is C29H32ClIN2. The van der Waals surface area contributed by atoms with E-state index in [2.05, 4.69) is 158 Å². The molecule has 0 aliphatic carbocycles. The number of hydrogen-bond donors (Lipinski definition) is 0. The first-order chi connectivity index (χ1) is 15.3. The Morgan fingerprint density at radius 3 is 2.12 bits per heavy atom. The highest BCUT2D eigenvalue weighted by Crippen LogP contribution is 2.47. The number of para-hydroxylation sites is 2. The third-order valence-electron chi connectivity index (χ3n) is 6.81. The van der Waals surface area contributed by atoms with Gasteiger partial charge >= 0.3 is 0 Å². The maximum absolute atomic E-state index is 2.45. The third kappa shape index (κ3) is 4.50. The van der Waals surface area contributed by atoms with E-state index in [1.165, 1.54) is 33.9 Å². The zero-order valence-corrected chi connectivity index (χ0v) is 22.9. The monoisotopic (exact) mass is 570 g/mol. The second kappa shape index (κ2) is 10.0. The molecule has 2 aliphatic rings. The second-order valence-corrected chi connectivity index (χ2v) is 10.1. The third-order valence-corrected chi connectivity index (χ3v) is 7.49. The summed E-state index contributed by atoms with van der Waals surface area (Å²) in [6, 6.07) is 17.4. The van der Waals surface area contributed by atoms with E-state index in [1.807, 2.05) is 0 Å². The van der Waals surface area contributed by atoms with Crippen LogP contribution in [-0.4, -0.2) is 21.9 Å². The average molecular weight is 571 g/mol. The fourth-order valence-electron chi connectivity index (χ4n) is 5.06. The summed E-state index contributed by atoms with van der Waals surface area (Å²) in [6.45, 7) is 9.22. The van der Waals surface area contributed by atoms with Crippen LogP contribution < -0.4 is 17.3 Å². The second-order valence-electron chi connectivity index (χ2n) is 9.46. The Morgan fingerprint density at radius 1 is 0.818 bits per heavy atom. The van der Waals surface area contributed by atoms with E-state index in [9.17, 15) is 0 Å². The highest BCUT2D eigenvalue weighted by Gasteiger charge is 2.42. The number of allylic oxidation sites excluding steroid dienone is 8. The van der Waals surface area contributed by atoms with Crippen molar-refractivity contribution in [1.29, 1.82) is 0 Å². The van der Waals surface area contributed by atoms with Gasteiger partial charge in [-0.2, -0.15) is 4.58 Å². The van der Waals surface area contributed by atoms with Gasteiger partial charge in [0.15, 0.2) is 5.71 Å². The van der Waals surface area contributed by atoms with Crippen LogP contribution in [0.2, 0.25) is 0 Å². The Kier molecular flexibility index (Phi) is 7.75. The summed E-state index contributed by atoms with van der Waals surface area (Å²) in [7, 11) is 2.16. The van der Waals surface area contributed by atoms with Crippen LogP contribution in [0, 0.1) is 0 Å². The average Bonchev–Trinajstić information content (AvgIpc) is 3.12. The van der Waals surface area contributed by atoms with E-state index in [0.717, 1.165) is 4.55 Å². The summed E-state index contributed by atoms with van der Waals surface area (Å²) in [6.07, 6.45) is 15.1. The van der Waals surface area contributed by atoms with Crippen LogP contribution in [0.5, 0.6) is 0 Å². The van der Waals surface area contributed by atoms with Gasteiger partial charge in [0.1, 0.15) is 7.05 Å². The Bertz CT molecular complexity index is 1180. The molecule has 33 heavy (non-hydrogen) atoms. The summed E-state index contributed by atoms with van der Waals surface area (Å²) in [5.41, 5.74) is 8.10. The Morgan fingerprint density at radius 2 is 1.42 bits per heavy atom. The van der Waals surface area contributed by atoms with Gasteiger partial charge in [0, 0.05) is 34.5 Å². The van der Waals surface area contributed by atoms with E-state index in [1.54, 1.807) is 0 Å². The number of hydrogen-bond acceptors (Lipinski definition) is 1. The molecule has 2 aliphatic heterocycles. The van der Waals surface area contributed by atoms with Crippen LogP contribution in [0.1, 0.15) is 38.8 Å². The summed E-state index contributed by atoms with van der Waals surface area (Å²) < 4.78 is 3.25. The van der Waals surface area contributed by atoms with Gasteiger partial charge in [-0.05, 0) is 31.6 Å². The van der Waals surface area contributed by atoms with Gasteiger partial charge in [-0.15, -0.1) is 0 Å². The molecule has 2 nitrogen and oxygen atoms in total. The van der Waals surface area contributed by atoms with Crippen molar-refractivity contribution in [2.24, 2.45) is 0 Å². The summed E-state index contributed by atoms with van der Waals surface area (Å²) in [4.78, 5) is 2.41. The van der Waals surface area contributed by atoms with Crippen LogP contribution >= 0.6 is 22.6 Å². The number of rotatable bonds is 5. The highest BCUT2D eigenvalue weighted by molar-refractivity contribution is 14.1. The Balaban J connectivity index is 0.00000306. The van der Waals surface area contributed by atoms with Crippen molar-refractivity contribution in [3.05, 3.63) is 108 Å². The van der Waals surface area contributed by atoms with Crippen LogP contribution in [0.15, 0.2) is 96.8 Å². The lowest BCUT2D eigenvalue weighted by molar-refractivity contribution is -0.401. The number of halogens is 2. The molecule has 0 radical (unpaired) electrons. The molecule has 0 fully saturated rings. The largest absolute Gasteiger partial charge is 1.00 e. The molecule has 172 valence electrons. The van der Waals surface area contributed by atoms with Crippen LogP contribution in [-0.2, 0) is 10.8 Å². The first-order valence-corrected chi connectivity index (χ1v) is 12.7. The van der Waals surface area contributed by atoms with Gasteiger partial charge in [0.05, 0.1) is 9.97 Å². The van der Waals surface area contributed by atoms with Gasteiger partial charge in [-0.3, -0.25) is 0 Å². The van der Waals surface area contributed by atoms with E-state index in [-0.39, 0.29) is 23.2 Å². The molecule has 2 aromatic rings. The minimum absolute atomic E-state index is 0. The first-order valence-electron chi connectivity index (χ1n) is 11.2. The molecule has 2 aromatic carbocycles. The molecule has 4 heteroatoms. The zero-order valence-electron chi connectivity index (χ0n) is 20.0. The van der Waals surface area contributed by atoms with Crippen molar-refractivity contribution in [3.63, 3.8) is 0 Å². The molecule has 0 spiro atoms. The van der Waals surface area contributed by atoms with Crippen LogP contribution in [0.3, 0.4) is 0 Å². The number of alkyl halides is 1. The fraction of sp³-hybridized carbons (Fsp3) is 0.276. The summed E-state index contributed by atoms with van der Waals surface area (Å²) in [5.74, 6) is 0. The van der Waals surface area contributed by atoms with Gasteiger partial charge < -0.3 is 17.3 Å². The molecule has 4 rings (SSSR count). The van der Waals surface area contributed by atoms with Crippen molar-refractivity contribution < 1.29 is 17.0 Å². The van der Waals surface area contributed by atoms with Gasteiger partial charge in [0.25, 0.3) is 0 Å². The number of anilines is 1. The van der Waals surface area contributed by atoms with Crippen molar-refractivity contribution >= 4 is 39.7 Å². The lowest BCUT2D eigenvalue weighted by atomic mass is 9.81. The van der Waals surface area contributed by atoms with Crippen molar-refractivity contribution in [3.8, 4) is 0 Å². The Labute approximate surface area is 218 Å². The van der Waals surface area contributed by atoms with E-state index < -0.39 is 0 Å². The standard InChI is InChI=1S/C29H32IN2.ClH/c1-28(2)22-15-11-13-17-24(22)31(5)26(28)19-9-7-6-8-10-20-27-29(3,4)23-16-12-14-18-25(23)32(27)21-30;/h6-20H,21H2,1-5H3;1H/q+1;/p-1. The minimum Gasteiger partial charge on any atom is -1.00 e. The molecular weight excluding hydrogens is 539 g/mol. The van der Waals surface area contributed by atoms with Crippen molar-refractivity contribution in [2.75, 3.05) is 16.5 Å². The molecule has 0 saturated heterocycles. The zero-order chi connectivity index (χ0) is 22.9. The summed E-state index contributed by atoms with van der Waals surface area (Å²) in [5, 5.41) is 0.